The highest BCUT2D eigenvalue weighted by Crippen LogP contribution is 2.37. The maximum absolute atomic E-state index is 11.8. The lowest BCUT2D eigenvalue weighted by Crippen LogP contribution is -2.41. The predicted octanol–water partition coefficient (Wildman–Crippen LogP) is 1.90. The molecule has 0 unspecified atom stereocenters. The first-order chi connectivity index (χ1) is 10.6. The molecule has 1 aliphatic rings. The second-order valence-corrected chi connectivity index (χ2v) is 7.49. The van der Waals surface area contributed by atoms with Crippen LogP contribution in [-0.4, -0.2) is 37.4 Å². The molecule has 6 nitrogen and oxygen atoms in total. The zero-order chi connectivity index (χ0) is 17.4. The molecular formula is C15H21BO6S. The van der Waals surface area contributed by atoms with E-state index in [0.717, 1.165) is 0 Å². The molecule has 0 aliphatic carbocycles. The Morgan fingerprint density at radius 3 is 2.26 bits per heavy atom. The first-order valence-electron chi connectivity index (χ1n) is 7.27. The number of carbonyl (C=O) groups excluding carboxylic acids is 2. The van der Waals surface area contributed by atoms with Crippen molar-refractivity contribution < 1.29 is 28.4 Å². The number of carbonyl (C=O) groups is 2. The van der Waals surface area contributed by atoms with Crippen LogP contribution in [0.25, 0.3) is 0 Å². The van der Waals surface area contributed by atoms with Crippen LogP contribution in [0.5, 0.6) is 0 Å². The third kappa shape index (κ3) is 3.59. The van der Waals surface area contributed by atoms with Gasteiger partial charge in [-0.2, -0.15) is 0 Å². The highest BCUT2D eigenvalue weighted by atomic mass is 32.1. The van der Waals surface area contributed by atoms with Gasteiger partial charge in [0, 0.05) is 17.3 Å². The molecule has 126 valence electrons. The summed E-state index contributed by atoms with van der Waals surface area (Å²) in [5, 5.41) is 0. The molecule has 2 heterocycles. The predicted molar refractivity (Wildman–Crippen MR) is 86.8 cm³/mol. The normalized spacial score (nSPS) is 18.8. The van der Waals surface area contributed by atoms with E-state index in [9.17, 15) is 9.59 Å². The topological polar surface area (TPSA) is 71.1 Å². The Morgan fingerprint density at radius 1 is 1.22 bits per heavy atom. The molecule has 0 bridgehead atoms. The molecule has 23 heavy (non-hydrogen) atoms. The molecule has 1 aromatic rings. The second kappa shape index (κ2) is 6.26. The molecule has 0 atom stereocenters. The van der Waals surface area contributed by atoms with E-state index < -0.39 is 30.3 Å². The molecular weight excluding hydrogens is 319 g/mol. The number of hydrogen-bond donors (Lipinski definition) is 0. The lowest BCUT2D eigenvalue weighted by molar-refractivity contribution is -0.142. The van der Waals surface area contributed by atoms with Crippen molar-refractivity contribution in [3.63, 3.8) is 0 Å². The van der Waals surface area contributed by atoms with Crippen molar-refractivity contribution in [3.05, 3.63) is 15.8 Å². The van der Waals surface area contributed by atoms with E-state index in [4.69, 9.17) is 18.8 Å². The van der Waals surface area contributed by atoms with Gasteiger partial charge < -0.3 is 18.8 Å². The number of thiophene rings is 1. The smallest absolute Gasteiger partial charge is 0.465 e. The minimum Gasteiger partial charge on any atom is -0.465 e. The van der Waals surface area contributed by atoms with Crippen molar-refractivity contribution >= 4 is 35.9 Å². The average molecular weight is 340 g/mol. The maximum atomic E-state index is 11.8. The minimum absolute atomic E-state index is 0.0659. The first-order valence-corrected chi connectivity index (χ1v) is 8.09. The van der Waals surface area contributed by atoms with Crippen LogP contribution in [0.2, 0.25) is 0 Å². The summed E-state index contributed by atoms with van der Waals surface area (Å²) >= 11 is 1.21. The summed E-state index contributed by atoms with van der Waals surface area (Å²) in [6.07, 6.45) is 0. The monoisotopic (exact) mass is 340 g/mol. The van der Waals surface area contributed by atoms with Gasteiger partial charge in [-0.25, -0.2) is 4.79 Å². The molecule has 0 amide bonds. The van der Waals surface area contributed by atoms with E-state index in [-0.39, 0.29) is 6.61 Å². The Kier molecular flexibility index (Phi) is 4.89. The zero-order valence-corrected chi connectivity index (χ0v) is 15.0. The van der Waals surface area contributed by atoms with Gasteiger partial charge in [0.05, 0.1) is 18.3 Å². The van der Waals surface area contributed by atoms with Crippen molar-refractivity contribution in [1.82, 2.24) is 0 Å². The average Bonchev–Trinajstić information content (AvgIpc) is 2.95. The molecule has 0 radical (unpaired) electrons. The van der Waals surface area contributed by atoms with Crippen LogP contribution in [0.4, 0.5) is 0 Å². The number of rotatable bonds is 4. The highest BCUT2D eigenvalue weighted by Gasteiger charge is 2.52. The Labute approximate surface area is 140 Å². The van der Waals surface area contributed by atoms with Gasteiger partial charge in [-0.3, -0.25) is 4.79 Å². The first kappa shape index (κ1) is 18.0. The third-order valence-electron chi connectivity index (χ3n) is 4.14. The zero-order valence-electron chi connectivity index (χ0n) is 14.2. The number of ether oxygens (including phenoxy) is 2. The fourth-order valence-corrected chi connectivity index (χ4v) is 3.10. The second-order valence-electron chi connectivity index (χ2n) is 6.35. The molecule has 0 N–H and O–H groups in total. The summed E-state index contributed by atoms with van der Waals surface area (Å²) in [6, 6.07) is 1.68. The van der Waals surface area contributed by atoms with Crippen LogP contribution < -0.4 is 5.46 Å². The van der Waals surface area contributed by atoms with Gasteiger partial charge in [0.15, 0.2) is 0 Å². The fraction of sp³-hybridized carbons (Fsp3) is 0.600. The van der Waals surface area contributed by atoms with E-state index in [0.29, 0.717) is 15.2 Å². The van der Waals surface area contributed by atoms with Crippen molar-refractivity contribution in [2.45, 2.75) is 52.4 Å². The molecule has 1 fully saturated rings. The van der Waals surface area contributed by atoms with Crippen molar-refractivity contribution in [2.75, 3.05) is 7.11 Å². The van der Waals surface area contributed by atoms with E-state index in [2.05, 4.69) is 0 Å². The number of methoxy groups -OCH3 is 1. The Hall–Kier alpha value is -1.38. The van der Waals surface area contributed by atoms with Crippen molar-refractivity contribution in [1.29, 1.82) is 0 Å². The van der Waals surface area contributed by atoms with Gasteiger partial charge in [-0.15, -0.1) is 11.3 Å². The Bertz CT molecular complexity index is 605. The van der Waals surface area contributed by atoms with Crippen molar-refractivity contribution in [2.24, 2.45) is 0 Å². The van der Waals surface area contributed by atoms with E-state index in [1.807, 2.05) is 27.7 Å². The molecule has 0 saturated carbocycles. The van der Waals surface area contributed by atoms with Crippen LogP contribution in [0.15, 0.2) is 6.07 Å². The lowest BCUT2D eigenvalue weighted by atomic mass is 9.79. The number of hydrogen-bond acceptors (Lipinski definition) is 7. The molecule has 1 saturated heterocycles. The SMILES string of the molecule is COC(=O)c1cc(B2OC(C)(C)C(C)(C)O2)c(COC(C)=O)s1. The van der Waals surface area contributed by atoms with Crippen LogP contribution in [0.1, 0.15) is 49.2 Å². The quantitative estimate of drug-likeness (QED) is 0.616. The van der Waals surface area contributed by atoms with Gasteiger partial charge in [0.1, 0.15) is 11.5 Å². The minimum atomic E-state index is -0.625. The molecule has 1 aliphatic heterocycles. The summed E-state index contributed by atoms with van der Waals surface area (Å²) in [7, 11) is 0.697. The highest BCUT2D eigenvalue weighted by molar-refractivity contribution is 7.15. The summed E-state index contributed by atoms with van der Waals surface area (Å²) in [5.74, 6) is -0.834. The van der Waals surface area contributed by atoms with Crippen LogP contribution in [-0.2, 0) is 30.2 Å². The van der Waals surface area contributed by atoms with Gasteiger partial charge in [0.25, 0.3) is 0 Å². The fourth-order valence-electron chi connectivity index (χ4n) is 2.09. The lowest BCUT2D eigenvalue weighted by Gasteiger charge is -2.32. The van der Waals surface area contributed by atoms with Gasteiger partial charge in [-0.1, -0.05) is 0 Å². The number of esters is 2. The van der Waals surface area contributed by atoms with Crippen molar-refractivity contribution in [3.8, 4) is 0 Å². The largest absolute Gasteiger partial charge is 0.496 e. The molecule has 8 heteroatoms. The van der Waals surface area contributed by atoms with E-state index in [1.54, 1.807) is 6.07 Å². The van der Waals surface area contributed by atoms with Crippen LogP contribution in [0.3, 0.4) is 0 Å². The molecule has 2 rings (SSSR count). The molecule has 1 aromatic heterocycles. The summed E-state index contributed by atoms with van der Waals surface area (Å²) in [6.45, 7) is 9.21. The van der Waals surface area contributed by atoms with Gasteiger partial charge in [0.2, 0.25) is 0 Å². The van der Waals surface area contributed by atoms with Crippen LogP contribution >= 0.6 is 11.3 Å². The van der Waals surface area contributed by atoms with Crippen LogP contribution in [0, 0.1) is 0 Å². The molecule has 0 aromatic carbocycles. The third-order valence-corrected chi connectivity index (χ3v) is 5.25. The van der Waals surface area contributed by atoms with Gasteiger partial charge in [-0.05, 0) is 33.8 Å². The summed E-state index contributed by atoms with van der Waals surface area (Å²) in [4.78, 5) is 24.0. The van der Waals surface area contributed by atoms with Gasteiger partial charge >= 0.3 is 19.1 Å². The summed E-state index contributed by atoms with van der Waals surface area (Å²) < 4.78 is 21.9. The standard InChI is InChI=1S/C15H21BO6S/c1-9(17)20-8-12-10(7-11(23-12)13(18)19-6)16-21-14(2,3)15(4,5)22-16/h7H,8H2,1-6H3. The van der Waals surface area contributed by atoms with E-state index in [1.165, 1.54) is 25.4 Å². The molecule has 0 spiro atoms. The Balaban J connectivity index is 2.34. The van der Waals surface area contributed by atoms with E-state index >= 15 is 0 Å². The Morgan fingerprint density at radius 2 is 1.78 bits per heavy atom. The summed E-state index contributed by atoms with van der Waals surface area (Å²) in [5.41, 5.74) is -0.302. The maximum Gasteiger partial charge on any atom is 0.496 e.